The van der Waals surface area contributed by atoms with Gasteiger partial charge in [-0.05, 0) is 74.3 Å². The van der Waals surface area contributed by atoms with E-state index in [2.05, 4.69) is 65.0 Å². The smallest absolute Gasteiger partial charge is 0.225 e. The van der Waals surface area contributed by atoms with Gasteiger partial charge in [-0.2, -0.15) is 0 Å². The Balaban J connectivity index is 1.28. The van der Waals surface area contributed by atoms with Gasteiger partial charge in [-0.25, -0.2) is 0 Å². The molecule has 3 aliphatic heterocycles. The maximum Gasteiger partial charge on any atom is 0.225 e. The highest BCUT2D eigenvalue weighted by Gasteiger charge is 2.43. The van der Waals surface area contributed by atoms with Crippen LogP contribution in [0.15, 0.2) is 47.6 Å². The normalized spacial score (nSPS) is 39.1. The zero-order chi connectivity index (χ0) is 27.4. The second-order valence-electron chi connectivity index (χ2n) is 12.1. The quantitative estimate of drug-likeness (QED) is 0.414. The number of hydrogen-bond acceptors (Lipinski definition) is 5. The number of nitrogens with zero attached hydrogens (tertiary/aromatic N) is 1. The molecule has 6 nitrogen and oxygen atoms in total. The summed E-state index contributed by atoms with van der Waals surface area (Å²) in [7, 11) is 0. The standard InChI is InChI=1S/C32H49NO5/c1-6-28-21(3)10-13-29(38-28)22(4)17-20(2)9-11-25-23(5)26(25)12-14-30-32(36)27(34)18-24(37-30)19-31(35)33-15-7-8-16-33/h9-12,14,17,20,23-30,32,34,36H,6-8,13,15-16,18-19H2,1-5H3/b11-9+,14-12+,22-17+/t20-,23-,24+,25+,26+,27+,28-,29-,30+,32-/m1/s1. The second-order valence-corrected chi connectivity index (χ2v) is 12.1. The number of ether oxygens (including phenoxy) is 2. The van der Waals surface area contributed by atoms with Gasteiger partial charge < -0.3 is 24.6 Å². The van der Waals surface area contributed by atoms with Gasteiger partial charge in [-0.3, -0.25) is 4.79 Å². The van der Waals surface area contributed by atoms with E-state index in [1.54, 1.807) is 0 Å². The maximum absolute atomic E-state index is 12.6. The summed E-state index contributed by atoms with van der Waals surface area (Å²) in [5.41, 5.74) is 2.64. The number of likely N-dealkylation sites (tertiary alicyclic amines) is 1. The maximum atomic E-state index is 12.6. The second kappa shape index (κ2) is 13.1. The van der Waals surface area contributed by atoms with Crippen LogP contribution in [0.1, 0.15) is 73.1 Å². The summed E-state index contributed by atoms with van der Waals surface area (Å²) in [6, 6.07) is 0. The van der Waals surface area contributed by atoms with E-state index in [1.807, 2.05) is 11.0 Å². The van der Waals surface area contributed by atoms with Crippen molar-refractivity contribution in [1.29, 1.82) is 0 Å². The van der Waals surface area contributed by atoms with Crippen LogP contribution in [0.3, 0.4) is 0 Å². The van der Waals surface area contributed by atoms with Crippen molar-refractivity contribution in [2.45, 2.75) is 110 Å². The molecule has 2 N–H and O–H groups in total. The summed E-state index contributed by atoms with van der Waals surface area (Å²) in [6.45, 7) is 12.6. The molecule has 0 aromatic rings. The molecule has 0 radical (unpaired) electrons. The average molecular weight is 528 g/mol. The van der Waals surface area contributed by atoms with Crippen LogP contribution in [0, 0.1) is 23.7 Å². The first kappa shape index (κ1) is 29.3. The van der Waals surface area contributed by atoms with Crippen molar-refractivity contribution in [3.05, 3.63) is 47.6 Å². The Morgan fingerprint density at radius 3 is 2.58 bits per heavy atom. The molecule has 0 aromatic heterocycles. The van der Waals surface area contributed by atoms with Crippen LogP contribution in [0.4, 0.5) is 0 Å². The first-order chi connectivity index (χ1) is 18.2. The van der Waals surface area contributed by atoms with Crippen LogP contribution in [-0.2, 0) is 14.3 Å². The zero-order valence-corrected chi connectivity index (χ0v) is 24.0. The van der Waals surface area contributed by atoms with Gasteiger partial charge in [-0.1, -0.05) is 57.2 Å². The Hall–Kier alpha value is -1.73. The molecule has 3 fully saturated rings. The SMILES string of the molecule is CC[C@H]1O[C@@H](/C(C)=C/[C@H](C)/C=C/[C@H]2[C@@H](C)[C@@H]2/C=C/[C@@H]2O[C@H](CC(=O)N3CCCC3)C[C@H](O)[C@H]2O)CC=C1C. The molecule has 1 saturated carbocycles. The Kier molecular flexibility index (Phi) is 10.1. The summed E-state index contributed by atoms with van der Waals surface area (Å²) in [5.74, 6) is 1.79. The fourth-order valence-electron chi connectivity index (χ4n) is 6.32. The highest BCUT2D eigenvalue weighted by atomic mass is 16.5. The lowest BCUT2D eigenvalue weighted by molar-refractivity contribution is -0.160. The lowest BCUT2D eigenvalue weighted by Gasteiger charge is -2.36. The van der Waals surface area contributed by atoms with Gasteiger partial charge in [0.05, 0.1) is 30.8 Å². The highest BCUT2D eigenvalue weighted by molar-refractivity contribution is 5.77. The molecule has 3 heterocycles. The predicted octanol–water partition coefficient (Wildman–Crippen LogP) is 4.97. The van der Waals surface area contributed by atoms with Gasteiger partial charge in [0.15, 0.2) is 0 Å². The predicted molar refractivity (Wildman–Crippen MR) is 150 cm³/mol. The van der Waals surface area contributed by atoms with E-state index in [4.69, 9.17) is 9.47 Å². The van der Waals surface area contributed by atoms with Crippen molar-refractivity contribution >= 4 is 5.91 Å². The summed E-state index contributed by atoms with van der Waals surface area (Å²) < 4.78 is 12.4. The fraction of sp³-hybridized carbons (Fsp3) is 0.719. The average Bonchev–Trinajstić information content (AvgIpc) is 3.24. The number of allylic oxidation sites excluding steroid dienone is 4. The third-order valence-corrected chi connectivity index (χ3v) is 9.02. The molecule has 0 bridgehead atoms. The van der Waals surface area contributed by atoms with Crippen LogP contribution in [-0.4, -0.2) is 70.7 Å². The Labute approximate surface area is 229 Å². The molecule has 2 saturated heterocycles. The number of aliphatic hydroxyl groups excluding tert-OH is 2. The van der Waals surface area contributed by atoms with Crippen molar-refractivity contribution in [2.75, 3.05) is 13.1 Å². The number of amides is 1. The van der Waals surface area contributed by atoms with Gasteiger partial charge in [0.1, 0.15) is 12.2 Å². The molecule has 1 amide bonds. The van der Waals surface area contributed by atoms with Crippen molar-refractivity contribution in [3.63, 3.8) is 0 Å². The largest absolute Gasteiger partial charge is 0.390 e. The molecule has 0 spiro atoms. The highest BCUT2D eigenvalue weighted by Crippen LogP contribution is 2.48. The molecule has 4 rings (SSSR count). The summed E-state index contributed by atoms with van der Waals surface area (Å²) in [4.78, 5) is 14.4. The number of hydrogen-bond donors (Lipinski definition) is 2. The summed E-state index contributed by atoms with van der Waals surface area (Å²) in [6.07, 6.45) is 15.5. The minimum absolute atomic E-state index is 0.0880. The molecule has 0 aromatic carbocycles. The zero-order valence-electron chi connectivity index (χ0n) is 24.0. The van der Waals surface area contributed by atoms with E-state index >= 15 is 0 Å². The van der Waals surface area contributed by atoms with Gasteiger partial charge in [0.25, 0.3) is 0 Å². The number of rotatable bonds is 9. The van der Waals surface area contributed by atoms with Crippen molar-refractivity contribution in [2.24, 2.45) is 23.7 Å². The molecule has 4 aliphatic rings. The van der Waals surface area contributed by atoms with Crippen LogP contribution in [0.5, 0.6) is 0 Å². The topological polar surface area (TPSA) is 79.2 Å². The van der Waals surface area contributed by atoms with E-state index in [0.29, 0.717) is 30.1 Å². The first-order valence-electron chi connectivity index (χ1n) is 14.8. The molecule has 0 unspecified atom stereocenters. The molecule has 38 heavy (non-hydrogen) atoms. The van der Waals surface area contributed by atoms with Crippen LogP contribution >= 0.6 is 0 Å². The molecular formula is C32H49NO5. The van der Waals surface area contributed by atoms with E-state index in [0.717, 1.165) is 38.8 Å². The Bertz CT molecular complexity index is 932. The molecule has 212 valence electrons. The van der Waals surface area contributed by atoms with Gasteiger partial charge >= 0.3 is 0 Å². The van der Waals surface area contributed by atoms with E-state index in [9.17, 15) is 15.0 Å². The van der Waals surface area contributed by atoms with E-state index < -0.39 is 18.3 Å². The lowest BCUT2D eigenvalue weighted by Crippen LogP contribution is -2.48. The van der Waals surface area contributed by atoms with Gasteiger partial charge in [0.2, 0.25) is 5.91 Å². The van der Waals surface area contributed by atoms with Crippen LogP contribution < -0.4 is 0 Å². The fourth-order valence-corrected chi connectivity index (χ4v) is 6.32. The third kappa shape index (κ3) is 7.26. The van der Waals surface area contributed by atoms with Crippen LogP contribution in [0.25, 0.3) is 0 Å². The minimum atomic E-state index is -0.964. The van der Waals surface area contributed by atoms with Gasteiger partial charge in [-0.15, -0.1) is 0 Å². The first-order valence-corrected chi connectivity index (χ1v) is 14.8. The molecule has 1 aliphatic carbocycles. The van der Waals surface area contributed by atoms with Crippen molar-refractivity contribution < 1.29 is 24.5 Å². The monoisotopic (exact) mass is 527 g/mol. The number of aliphatic hydroxyl groups is 2. The van der Waals surface area contributed by atoms with E-state index in [1.165, 1.54) is 11.1 Å². The van der Waals surface area contributed by atoms with Crippen molar-refractivity contribution in [1.82, 2.24) is 4.90 Å². The molecule has 6 heteroatoms. The van der Waals surface area contributed by atoms with E-state index in [-0.39, 0.29) is 30.6 Å². The van der Waals surface area contributed by atoms with Crippen LogP contribution in [0.2, 0.25) is 0 Å². The summed E-state index contributed by atoms with van der Waals surface area (Å²) in [5, 5.41) is 20.9. The third-order valence-electron chi connectivity index (χ3n) is 9.02. The molecule has 10 atom stereocenters. The Morgan fingerprint density at radius 1 is 1.16 bits per heavy atom. The summed E-state index contributed by atoms with van der Waals surface area (Å²) >= 11 is 0. The van der Waals surface area contributed by atoms with Crippen molar-refractivity contribution in [3.8, 4) is 0 Å². The minimum Gasteiger partial charge on any atom is -0.390 e. The number of carbonyl (C=O) groups is 1. The number of carbonyl (C=O) groups excluding carboxylic acids is 1. The van der Waals surface area contributed by atoms with Gasteiger partial charge in [0, 0.05) is 19.5 Å². The Morgan fingerprint density at radius 2 is 1.87 bits per heavy atom. The molecular weight excluding hydrogens is 478 g/mol. The lowest BCUT2D eigenvalue weighted by atomic mass is 9.95.